The van der Waals surface area contributed by atoms with E-state index in [1.54, 1.807) is 19.0 Å². The summed E-state index contributed by atoms with van der Waals surface area (Å²) in [6, 6.07) is 0. The number of nitrogens with zero attached hydrogens (tertiary/aromatic N) is 2. The van der Waals surface area contributed by atoms with Crippen molar-refractivity contribution in [3.05, 3.63) is 0 Å². The molecule has 0 bridgehead atoms. The van der Waals surface area contributed by atoms with E-state index in [2.05, 4.69) is 29.5 Å². The lowest BCUT2D eigenvalue weighted by Gasteiger charge is -2.16. The van der Waals surface area contributed by atoms with E-state index in [9.17, 15) is 4.79 Å². The first-order chi connectivity index (χ1) is 12.0. The second kappa shape index (κ2) is 15.5. The van der Waals surface area contributed by atoms with Crippen molar-refractivity contribution < 1.29 is 9.53 Å². The van der Waals surface area contributed by atoms with Crippen LogP contribution in [0.5, 0.6) is 0 Å². The number of nitrogens with one attached hydrogen (secondary N) is 2. The standard InChI is InChI=1S/C19H38N4O2.HI/c1-16(2)9-7-5-6-8-11-20-19(22-14-18(24)23(3)4)21-13-17-10-12-25-15-17;/h16-17H,5-15H2,1-4H3,(H2,20,21,22);1H. The van der Waals surface area contributed by atoms with Gasteiger partial charge in [-0.05, 0) is 18.8 Å². The highest BCUT2D eigenvalue weighted by Gasteiger charge is 2.15. The number of hydrogen-bond acceptors (Lipinski definition) is 3. The Bertz CT molecular complexity index is 397. The molecule has 0 aromatic rings. The number of amides is 1. The Hall–Kier alpha value is -0.570. The van der Waals surface area contributed by atoms with Crippen LogP contribution >= 0.6 is 24.0 Å². The summed E-state index contributed by atoms with van der Waals surface area (Å²) in [5.41, 5.74) is 0. The summed E-state index contributed by atoms with van der Waals surface area (Å²) in [7, 11) is 3.51. The molecule has 1 heterocycles. The van der Waals surface area contributed by atoms with Gasteiger partial charge in [0.05, 0.1) is 6.61 Å². The van der Waals surface area contributed by atoms with E-state index in [-0.39, 0.29) is 36.4 Å². The molecule has 26 heavy (non-hydrogen) atoms. The topological polar surface area (TPSA) is 66.0 Å². The maximum Gasteiger partial charge on any atom is 0.243 e. The number of carbonyl (C=O) groups excluding carboxylic acids is 1. The maximum atomic E-state index is 11.8. The van der Waals surface area contributed by atoms with Crippen LogP contribution in [0, 0.1) is 11.8 Å². The molecule has 1 rings (SSSR count). The minimum absolute atomic E-state index is 0. The largest absolute Gasteiger partial charge is 0.381 e. The molecular formula is C19H39IN4O2. The van der Waals surface area contributed by atoms with Crippen LogP contribution in [0.4, 0.5) is 0 Å². The van der Waals surface area contributed by atoms with Gasteiger partial charge in [-0.25, -0.2) is 4.99 Å². The van der Waals surface area contributed by atoms with Crippen LogP contribution in [-0.2, 0) is 9.53 Å². The summed E-state index contributed by atoms with van der Waals surface area (Å²) in [5.74, 6) is 2.09. The fourth-order valence-corrected chi connectivity index (χ4v) is 2.69. The van der Waals surface area contributed by atoms with Gasteiger partial charge in [0.25, 0.3) is 0 Å². The highest BCUT2D eigenvalue weighted by molar-refractivity contribution is 14.0. The molecular weight excluding hydrogens is 443 g/mol. The van der Waals surface area contributed by atoms with Crippen LogP contribution in [0.25, 0.3) is 0 Å². The predicted octanol–water partition coefficient (Wildman–Crippen LogP) is 2.87. The van der Waals surface area contributed by atoms with Gasteiger partial charge in [-0.3, -0.25) is 4.79 Å². The number of halogens is 1. The first-order valence-corrected chi connectivity index (χ1v) is 9.79. The molecule has 0 aromatic carbocycles. The number of hydrogen-bond donors (Lipinski definition) is 2. The van der Waals surface area contributed by atoms with Crippen LogP contribution in [0.1, 0.15) is 52.4 Å². The monoisotopic (exact) mass is 482 g/mol. The van der Waals surface area contributed by atoms with E-state index in [0.717, 1.165) is 51.0 Å². The molecule has 1 amide bonds. The Morgan fingerprint density at radius 3 is 2.54 bits per heavy atom. The molecule has 6 nitrogen and oxygen atoms in total. The van der Waals surface area contributed by atoms with Gasteiger partial charge in [0.2, 0.25) is 5.91 Å². The Labute approximate surface area is 176 Å². The van der Waals surface area contributed by atoms with Gasteiger partial charge in [-0.2, -0.15) is 0 Å². The van der Waals surface area contributed by atoms with Crippen molar-refractivity contribution in [2.45, 2.75) is 52.4 Å². The molecule has 1 aliphatic heterocycles. The summed E-state index contributed by atoms with van der Waals surface area (Å²) in [4.78, 5) is 17.7. The molecule has 7 heteroatoms. The zero-order chi connectivity index (χ0) is 18.5. The number of rotatable bonds is 11. The second-order valence-electron chi connectivity index (χ2n) is 7.59. The lowest BCUT2D eigenvalue weighted by atomic mass is 10.0. The molecule has 2 N–H and O–H groups in total. The van der Waals surface area contributed by atoms with Gasteiger partial charge in [0, 0.05) is 39.7 Å². The normalized spacial score (nSPS) is 17.1. The Morgan fingerprint density at radius 1 is 1.19 bits per heavy atom. The quantitative estimate of drug-likeness (QED) is 0.206. The second-order valence-corrected chi connectivity index (χ2v) is 7.59. The van der Waals surface area contributed by atoms with Gasteiger partial charge < -0.3 is 20.3 Å². The molecule has 1 saturated heterocycles. The van der Waals surface area contributed by atoms with Gasteiger partial charge in [0.1, 0.15) is 6.54 Å². The Balaban J connectivity index is 0.00000625. The number of ether oxygens (including phenoxy) is 1. The summed E-state index contributed by atoms with van der Waals surface area (Å²) in [5, 5.41) is 6.73. The maximum absolute atomic E-state index is 11.8. The number of likely N-dealkylation sites (N-methyl/N-ethyl adjacent to an activating group) is 1. The van der Waals surface area contributed by atoms with Gasteiger partial charge in [-0.15, -0.1) is 24.0 Å². The van der Waals surface area contributed by atoms with Crippen LogP contribution < -0.4 is 10.6 Å². The van der Waals surface area contributed by atoms with Gasteiger partial charge in [-0.1, -0.05) is 39.5 Å². The van der Waals surface area contributed by atoms with Crippen LogP contribution in [-0.4, -0.2) is 63.7 Å². The molecule has 0 aliphatic carbocycles. The average Bonchev–Trinajstić information content (AvgIpc) is 3.08. The third-order valence-electron chi connectivity index (χ3n) is 4.45. The van der Waals surface area contributed by atoms with Crippen molar-refractivity contribution in [2.24, 2.45) is 16.8 Å². The number of aliphatic imine (C=N–C) groups is 1. The van der Waals surface area contributed by atoms with Crippen molar-refractivity contribution in [3.8, 4) is 0 Å². The minimum atomic E-state index is 0. The number of guanidine groups is 1. The van der Waals surface area contributed by atoms with E-state index < -0.39 is 0 Å². The highest BCUT2D eigenvalue weighted by Crippen LogP contribution is 2.10. The van der Waals surface area contributed by atoms with E-state index in [0.29, 0.717) is 5.92 Å². The van der Waals surface area contributed by atoms with Crippen LogP contribution in [0.2, 0.25) is 0 Å². The summed E-state index contributed by atoms with van der Waals surface area (Å²) >= 11 is 0. The first-order valence-electron chi connectivity index (χ1n) is 9.79. The molecule has 154 valence electrons. The van der Waals surface area contributed by atoms with Gasteiger partial charge in [0.15, 0.2) is 5.96 Å². The smallest absolute Gasteiger partial charge is 0.243 e. The van der Waals surface area contributed by atoms with Crippen molar-refractivity contribution in [2.75, 3.05) is 46.9 Å². The molecule has 0 radical (unpaired) electrons. The lowest BCUT2D eigenvalue weighted by molar-refractivity contribution is -0.127. The molecule has 1 fully saturated rings. The fraction of sp³-hybridized carbons (Fsp3) is 0.895. The highest BCUT2D eigenvalue weighted by atomic mass is 127. The van der Waals surface area contributed by atoms with Crippen molar-refractivity contribution in [1.82, 2.24) is 15.5 Å². The Kier molecular flexibility index (Phi) is 15.1. The molecule has 0 aromatic heterocycles. The zero-order valence-electron chi connectivity index (χ0n) is 17.1. The van der Waals surface area contributed by atoms with E-state index in [1.807, 2.05) is 0 Å². The number of carbonyl (C=O) groups is 1. The minimum Gasteiger partial charge on any atom is -0.381 e. The summed E-state index contributed by atoms with van der Waals surface area (Å²) in [6.07, 6.45) is 7.38. The Morgan fingerprint density at radius 2 is 1.92 bits per heavy atom. The zero-order valence-corrected chi connectivity index (χ0v) is 19.4. The molecule has 1 atom stereocenters. The van der Waals surface area contributed by atoms with Crippen molar-refractivity contribution in [3.63, 3.8) is 0 Å². The number of unbranched alkanes of at least 4 members (excludes halogenated alkanes) is 3. The molecule has 0 saturated carbocycles. The van der Waals surface area contributed by atoms with E-state index in [4.69, 9.17) is 4.74 Å². The van der Waals surface area contributed by atoms with E-state index in [1.165, 1.54) is 25.7 Å². The third-order valence-corrected chi connectivity index (χ3v) is 4.45. The van der Waals surface area contributed by atoms with Crippen molar-refractivity contribution in [1.29, 1.82) is 0 Å². The van der Waals surface area contributed by atoms with Crippen LogP contribution in [0.15, 0.2) is 4.99 Å². The molecule has 0 spiro atoms. The fourth-order valence-electron chi connectivity index (χ4n) is 2.69. The third kappa shape index (κ3) is 12.7. The molecule has 1 unspecified atom stereocenters. The molecule has 1 aliphatic rings. The first kappa shape index (κ1) is 25.4. The predicted molar refractivity (Wildman–Crippen MR) is 119 cm³/mol. The van der Waals surface area contributed by atoms with E-state index >= 15 is 0 Å². The SMILES string of the molecule is CC(C)CCCCCCNC(=NCC(=O)N(C)C)NCC1CCOC1.I. The van der Waals surface area contributed by atoms with Crippen LogP contribution in [0.3, 0.4) is 0 Å². The lowest BCUT2D eigenvalue weighted by Crippen LogP contribution is -2.41. The van der Waals surface area contributed by atoms with Gasteiger partial charge >= 0.3 is 0 Å². The van der Waals surface area contributed by atoms with Crippen molar-refractivity contribution >= 4 is 35.8 Å². The average molecular weight is 482 g/mol. The summed E-state index contributed by atoms with van der Waals surface area (Å²) in [6.45, 7) is 8.13. The summed E-state index contributed by atoms with van der Waals surface area (Å²) < 4.78 is 5.41.